The highest BCUT2D eigenvalue weighted by Crippen LogP contribution is 2.40. The molecule has 0 aliphatic carbocycles. The van der Waals surface area contributed by atoms with Crippen LogP contribution in [0.25, 0.3) is 0 Å². The second kappa shape index (κ2) is 28.4. The molecule has 1 unspecified atom stereocenters. The average molecular weight is 1580 g/mol. The van der Waals surface area contributed by atoms with Crippen LogP contribution in [0.15, 0.2) is 0 Å². The van der Waals surface area contributed by atoms with Gasteiger partial charge in [-0.2, -0.15) is 0 Å². The Labute approximate surface area is 497 Å². The van der Waals surface area contributed by atoms with Crippen molar-refractivity contribution in [1.82, 2.24) is 0 Å². The summed E-state index contributed by atoms with van der Waals surface area (Å²) in [5.41, 5.74) is 0. The third-order valence-corrected chi connectivity index (χ3v) is 19.1. The maximum atomic E-state index is 11.5. The van der Waals surface area contributed by atoms with Gasteiger partial charge in [0.05, 0.1) is 42.7 Å². The van der Waals surface area contributed by atoms with Crippen LogP contribution < -0.4 is 0 Å². The van der Waals surface area contributed by atoms with E-state index in [2.05, 4.69) is 112 Å². The third-order valence-electron chi connectivity index (χ3n) is 14.6. The van der Waals surface area contributed by atoms with Crippen LogP contribution in [0.1, 0.15) is 0 Å². The van der Waals surface area contributed by atoms with Crippen molar-refractivity contribution in [3.05, 3.63) is 0 Å². The number of fused-ring (bicyclic) bond motifs is 7. The lowest BCUT2D eigenvalue weighted by Crippen LogP contribution is -2.68. The van der Waals surface area contributed by atoms with Crippen LogP contribution in [-0.4, -0.2) is 324 Å². The van der Waals surface area contributed by atoms with Crippen molar-refractivity contribution in [3.63, 3.8) is 0 Å². The van der Waals surface area contributed by atoms with Gasteiger partial charge in [0, 0.05) is 37.3 Å². The molecule has 15 saturated heterocycles. The molecular formula is C42H63Br7O28. The smallest absolute Gasteiger partial charge is 0.187 e. The summed E-state index contributed by atoms with van der Waals surface area (Å²) < 4.78 is 84.2. The fraction of sp³-hybridized carbons (Fsp3) is 1.00. The third kappa shape index (κ3) is 13.4. The zero-order valence-electron chi connectivity index (χ0n) is 39.8. The van der Waals surface area contributed by atoms with E-state index in [1.165, 1.54) is 0 Å². The fourth-order valence-electron chi connectivity index (χ4n) is 10.3. The van der Waals surface area contributed by atoms with E-state index in [1.54, 1.807) is 0 Å². The highest BCUT2D eigenvalue weighted by atomic mass is 79.9. The fourth-order valence-corrected chi connectivity index (χ4v) is 13.9. The Bertz CT molecular complexity index is 1490. The molecule has 15 fully saturated rings. The molecule has 0 radical (unpaired) electrons. The van der Waals surface area contributed by atoms with E-state index in [1.807, 2.05) is 0 Å². The Hall–Kier alpha value is 2.24. The van der Waals surface area contributed by atoms with Crippen molar-refractivity contribution in [2.75, 3.05) is 37.3 Å². The molecule has 35 atom stereocenters. The first-order valence-corrected chi connectivity index (χ1v) is 32.1. The molecule has 0 amide bonds. The molecule has 35 heteroatoms. The van der Waals surface area contributed by atoms with Gasteiger partial charge in [-0.05, 0) is 0 Å². The second-order valence-corrected chi connectivity index (χ2v) is 24.0. The Morgan fingerprint density at radius 2 is 0.273 bits per heavy atom. The maximum Gasteiger partial charge on any atom is 0.187 e. The van der Waals surface area contributed by atoms with Crippen LogP contribution in [-0.2, 0) is 66.3 Å². The van der Waals surface area contributed by atoms with Crippen LogP contribution in [0.4, 0.5) is 0 Å². The van der Waals surface area contributed by atoms with Gasteiger partial charge in [0.1, 0.15) is 128 Å². The summed E-state index contributed by atoms with van der Waals surface area (Å²) in [6.45, 7) is 0. The Kier molecular flexibility index (Phi) is 24.0. The largest absolute Gasteiger partial charge is 0.387 e. The van der Waals surface area contributed by atoms with Crippen LogP contribution in [0.3, 0.4) is 0 Å². The number of rotatable bonds is 7. The predicted octanol–water partition coefficient (Wildman–Crippen LogP) is -5.41. The predicted molar refractivity (Wildman–Crippen MR) is 275 cm³/mol. The van der Waals surface area contributed by atoms with E-state index < -0.39 is 215 Å². The summed E-state index contributed by atoms with van der Waals surface area (Å²) in [6, 6.07) is 0. The molecule has 14 N–H and O–H groups in total. The Morgan fingerprint density at radius 3 is 0.364 bits per heavy atom. The van der Waals surface area contributed by atoms with E-state index in [0.717, 1.165) is 0 Å². The van der Waals surface area contributed by atoms with Gasteiger partial charge in [-0.1, -0.05) is 112 Å². The topological polar surface area (TPSA) is 412 Å². The number of ether oxygens (including phenoxy) is 14. The zero-order valence-corrected chi connectivity index (χ0v) is 50.9. The molecule has 15 aliphatic heterocycles. The van der Waals surface area contributed by atoms with Gasteiger partial charge in [-0.15, -0.1) is 0 Å². The standard InChI is InChI=1S/C42H63Br7O28/c43-1-8-29-15(50)22(57)36(64-8)72-30-9(2-44)66-38(24(59)17(30)52)74-32-11(4-46)68-40(26(61)19(32)54)76-34-13(6-48)70-42(28(63)21(34)56)77-35-14(7-49)69-41(27(62)20(35)55)75-33-12(5-47)67-39(25(60)18(33)53)73-31-10(3-45)65-37(71-29)23(58)16(31)51/h8-42,50-63H,1-7H2/t8-,9-,10-,11-,12-,13-,14-,15-,16-,17-,18-,19-,20-,21-,22-,23-,24-,25-,26-,27-,28?,29-,30-,31-,32-,33-,34-,35-,36-,37-,38-,39-,40-,41-,42-/m1/s1. The molecule has 15 rings (SSSR count). The lowest BCUT2D eigenvalue weighted by atomic mass is 9.95. The molecule has 77 heavy (non-hydrogen) atoms. The first-order chi connectivity index (χ1) is 36.7. The summed E-state index contributed by atoms with van der Waals surface area (Å²) in [5.74, 6) is 0. The van der Waals surface area contributed by atoms with E-state index >= 15 is 0 Å². The summed E-state index contributed by atoms with van der Waals surface area (Å²) in [5, 5.41) is 160. The highest BCUT2D eigenvalue weighted by Gasteiger charge is 2.59. The van der Waals surface area contributed by atoms with E-state index in [4.69, 9.17) is 66.3 Å². The van der Waals surface area contributed by atoms with Crippen molar-refractivity contribution >= 4 is 112 Å². The Balaban J connectivity index is 1.08. The normalized spacial score (nSPS) is 55.4. The number of hydrogen-bond donors (Lipinski definition) is 14. The molecule has 0 aromatic carbocycles. The molecule has 15 heterocycles. The number of aliphatic hydroxyl groups is 14. The average Bonchev–Trinajstić information content (AvgIpc) is 3.42. The SMILES string of the molecule is OC1[C@H]2O[C@H]3[C@H](O)[C@@H](O)[C@@H](O[C@H]4[C@H](O)[C@@H](O)[C@@H](O[C@H]5[C@H](O)[C@@H](O)[C@@H](O[C@H]6[C@H](O)[C@@H](O)[C@@H](O[C@H]7[C@H](O)[C@@H](O)[C@@H](O[C@H]8[C@H](O)[C@@H](O)[C@@H](O[C@@H]([C@@H]1O)[C@@H](CBr)O2)O[C@@H]8CBr)O[C@@H]7CBr)O[C@@H]6CBr)O[C@@H]5CBr)O[C@@H]4CBr)O[C@@H]3CBr. The van der Waals surface area contributed by atoms with Gasteiger partial charge < -0.3 is 138 Å². The van der Waals surface area contributed by atoms with Gasteiger partial charge in [-0.25, -0.2) is 0 Å². The van der Waals surface area contributed by atoms with E-state index in [-0.39, 0.29) is 37.3 Å². The number of hydrogen-bond acceptors (Lipinski definition) is 28. The molecule has 0 aromatic heterocycles. The molecule has 0 aromatic rings. The molecule has 28 nitrogen and oxygen atoms in total. The molecule has 0 saturated carbocycles. The minimum Gasteiger partial charge on any atom is -0.387 e. The maximum absolute atomic E-state index is 11.5. The van der Waals surface area contributed by atoms with Gasteiger partial charge in [0.15, 0.2) is 44.0 Å². The minimum absolute atomic E-state index is 0.103. The summed E-state index contributed by atoms with van der Waals surface area (Å²) in [4.78, 5) is 0. The number of halogens is 7. The van der Waals surface area contributed by atoms with Crippen molar-refractivity contribution in [2.45, 2.75) is 215 Å². The first-order valence-electron chi connectivity index (χ1n) is 24.3. The van der Waals surface area contributed by atoms with Crippen LogP contribution in [0.5, 0.6) is 0 Å². The van der Waals surface area contributed by atoms with Crippen LogP contribution in [0, 0.1) is 0 Å². The summed E-state index contributed by atoms with van der Waals surface area (Å²) in [6.07, 6.45) is -58.0. The zero-order chi connectivity index (χ0) is 56.1. The van der Waals surface area contributed by atoms with Crippen LogP contribution in [0.2, 0.25) is 0 Å². The lowest BCUT2D eigenvalue weighted by Gasteiger charge is -2.50. The van der Waals surface area contributed by atoms with Gasteiger partial charge in [0.2, 0.25) is 0 Å². The monoisotopic (exact) mass is 1570 g/mol. The van der Waals surface area contributed by atoms with Crippen LogP contribution >= 0.6 is 112 Å². The summed E-state index contributed by atoms with van der Waals surface area (Å²) in [7, 11) is 0. The molecule has 448 valence electrons. The van der Waals surface area contributed by atoms with Gasteiger partial charge in [-0.3, -0.25) is 0 Å². The quantitative estimate of drug-likeness (QED) is 0.106. The van der Waals surface area contributed by atoms with E-state index in [9.17, 15) is 71.5 Å². The molecule has 0 spiro atoms. The number of alkyl halides is 7. The highest BCUT2D eigenvalue weighted by molar-refractivity contribution is 9.10. The van der Waals surface area contributed by atoms with Gasteiger partial charge in [0.25, 0.3) is 0 Å². The second-order valence-electron chi connectivity index (χ2n) is 19.5. The molecule has 14 bridgehead atoms. The van der Waals surface area contributed by atoms with Crippen molar-refractivity contribution < 1.29 is 138 Å². The number of aliphatic hydroxyl groups excluding tert-OH is 14. The lowest BCUT2D eigenvalue weighted by molar-refractivity contribution is -0.388. The summed E-state index contributed by atoms with van der Waals surface area (Å²) >= 11 is 23.1. The molecular weight excluding hydrogens is 1510 g/mol. The Morgan fingerprint density at radius 1 is 0.169 bits per heavy atom. The van der Waals surface area contributed by atoms with E-state index in [0.29, 0.717) is 0 Å². The minimum atomic E-state index is -1.95. The van der Waals surface area contributed by atoms with Gasteiger partial charge >= 0.3 is 0 Å². The first kappa shape index (κ1) is 65.2. The van der Waals surface area contributed by atoms with Crippen molar-refractivity contribution in [2.24, 2.45) is 0 Å². The van der Waals surface area contributed by atoms with Crippen molar-refractivity contribution in [3.8, 4) is 0 Å². The molecule has 15 aliphatic rings. The van der Waals surface area contributed by atoms with Crippen molar-refractivity contribution in [1.29, 1.82) is 0 Å².